The standard InChI is InChI=1S/C20H26N4O3S/c1-12-7-8-21-14(9-12)22-15(25)11-24(6)18(26)17-13(2)10-16(28-17)23-19(27)20(3,4)5/h7-10H,11H2,1-6H3,(H,23,27)(H,21,22,25). The summed E-state index contributed by atoms with van der Waals surface area (Å²) in [5, 5.41) is 6.14. The van der Waals surface area contributed by atoms with Crippen molar-refractivity contribution in [1.29, 1.82) is 0 Å². The number of hydrogen-bond acceptors (Lipinski definition) is 5. The van der Waals surface area contributed by atoms with Gasteiger partial charge in [0.1, 0.15) is 5.82 Å². The summed E-state index contributed by atoms with van der Waals surface area (Å²) in [7, 11) is 1.57. The summed E-state index contributed by atoms with van der Waals surface area (Å²) in [4.78, 5) is 43.0. The highest BCUT2D eigenvalue weighted by Crippen LogP contribution is 2.29. The van der Waals surface area contributed by atoms with Crippen LogP contribution in [-0.4, -0.2) is 41.2 Å². The van der Waals surface area contributed by atoms with Crippen LogP contribution in [0.1, 0.15) is 41.6 Å². The maximum atomic E-state index is 12.7. The molecule has 0 aliphatic rings. The van der Waals surface area contributed by atoms with Crippen LogP contribution in [0.3, 0.4) is 0 Å². The summed E-state index contributed by atoms with van der Waals surface area (Å²) >= 11 is 1.21. The molecule has 0 aromatic carbocycles. The largest absolute Gasteiger partial charge is 0.332 e. The number of hydrogen-bond donors (Lipinski definition) is 2. The van der Waals surface area contributed by atoms with Crippen molar-refractivity contribution in [3.8, 4) is 0 Å². The third kappa shape index (κ3) is 5.63. The molecule has 0 aliphatic heterocycles. The Bertz CT molecular complexity index is 899. The number of anilines is 2. The van der Waals surface area contributed by atoms with Crippen LogP contribution >= 0.6 is 11.3 Å². The molecule has 2 aromatic heterocycles. The predicted molar refractivity (Wildman–Crippen MR) is 112 cm³/mol. The zero-order valence-corrected chi connectivity index (χ0v) is 17.9. The van der Waals surface area contributed by atoms with Crippen molar-refractivity contribution in [2.75, 3.05) is 24.2 Å². The number of likely N-dealkylation sites (N-methyl/N-ethyl adjacent to an activating group) is 1. The Morgan fingerprint density at radius 2 is 1.82 bits per heavy atom. The van der Waals surface area contributed by atoms with Gasteiger partial charge in [0.05, 0.1) is 16.4 Å². The van der Waals surface area contributed by atoms with Crippen molar-refractivity contribution in [3.63, 3.8) is 0 Å². The Morgan fingerprint density at radius 3 is 2.43 bits per heavy atom. The van der Waals surface area contributed by atoms with E-state index in [-0.39, 0.29) is 24.3 Å². The van der Waals surface area contributed by atoms with Crippen molar-refractivity contribution in [1.82, 2.24) is 9.88 Å². The Hall–Kier alpha value is -2.74. The van der Waals surface area contributed by atoms with Crippen LogP contribution in [0.4, 0.5) is 10.8 Å². The molecule has 7 nitrogen and oxygen atoms in total. The molecule has 0 saturated carbocycles. The molecule has 0 fully saturated rings. The number of aryl methyl sites for hydroxylation is 2. The third-order valence-electron chi connectivity index (χ3n) is 3.94. The summed E-state index contributed by atoms with van der Waals surface area (Å²) in [6, 6.07) is 5.36. The van der Waals surface area contributed by atoms with Crippen molar-refractivity contribution in [2.24, 2.45) is 5.41 Å². The molecule has 0 unspecified atom stereocenters. The van der Waals surface area contributed by atoms with Crippen LogP contribution in [0.5, 0.6) is 0 Å². The molecule has 0 atom stereocenters. The maximum absolute atomic E-state index is 12.7. The van der Waals surface area contributed by atoms with Gasteiger partial charge in [0.25, 0.3) is 5.91 Å². The molecule has 0 aliphatic carbocycles. The first-order valence-electron chi connectivity index (χ1n) is 8.87. The van der Waals surface area contributed by atoms with Gasteiger partial charge < -0.3 is 15.5 Å². The van der Waals surface area contributed by atoms with Crippen LogP contribution in [0, 0.1) is 19.3 Å². The molecule has 2 heterocycles. The summed E-state index contributed by atoms with van der Waals surface area (Å²) in [6.45, 7) is 9.08. The van der Waals surface area contributed by atoms with Gasteiger partial charge >= 0.3 is 0 Å². The number of carbonyl (C=O) groups excluding carboxylic acids is 3. The normalized spacial score (nSPS) is 11.1. The first-order valence-corrected chi connectivity index (χ1v) is 9.69. The Kier molecular flexibility index (Phi) is 6.56. The fourth-order valence-corrected chi connectivity index (χ4v) is 3.37. The first kappa shape index (κ1) is 21.6. The zero-order valence-electron chi connectivity index (χ0n) is 17.0. The molecule has 0 spiro atoms. The SMILES string of the molecule is Cc1ccnc(NC(=O)CN(C)C(=O)c2sc(NC(=O)C(C)(C)C)cc2C)c1. The van der Waals surface area contributed by atoms with E-state index in [1.165, 1.54) is 16.2 Å². The minimum Gasteiger partial charge on any atom is -0.332 e. The summed E-state index contributed by atoms with van der Waals surface area (Å²) in [6.07, 6.45) is 1.61. The lowest BCUT2D eigenvalue weighted by Gasteiger charge is -2.17. The Labute approximate surface area is 169 Å². The highest BCUT2D eigenvalue weighted by Gasteiger charge is 2.24. The van der Waals surface area contributed by atoms with Gasteiger partial charge in [0.2, 0.25) is 11.8 Å². The maximum Gasteiger partial charge on any atom is 0.264 e. The fourth-order valence-electron chi connectivity index (χ4n) is 2.30. The van der Waals surface area contributed by atoms with Crippen LogP contribution in [0.25, 0.3) is 0 Å². The molecule has 0 radical (unpaired) electrons. The molecule has 2 rings (SSSR count). The lowest BCUT2D eigenvalue weighted by molar-refractivity contribution is -0.123. The Balaban J connectivity index is 2.02. The van der Waals surface area contributed by atoms with Gasteiger partial charge in [-0.3, -0.25) is 14.4 Å². The number of pyridine rings is 1. The van der Waals surface area contributed by atoms with Gasteiger partial charge in [-0.05, 0) is 43.2 Å². The molecule has 150 valence electrons. The summed E-state index contributed by atoms with van der Waals surface area (Å²) in [5.74, 6) is -0.271. The summed E-state index contributed by atoms with van der Waals surface area (Å²) < 4.78 is 0. The number of aromatic nitrogens is 1. The smallest absolute Gasteiger partial charge is 0.264 e. The van der Waals surface area contributed by atoms with Crippen LogP contribution in [0.15, 0.2) is 24.4 Å². The van der Waals surface area contributed by atoms with E-state index < -0.39 is 5.41 Å². The van der Waals surface area contributed by atoms with Gasteiger partial charge in [-0.2, -0.15) is 0 Å². The second-order valence-corrected chi connectivity index (χ2v) is 8.81. The lowest BCUT2D eigenvalue weighted by atomic mass is 9.96. The van der Waals surface area contributed by atoms with Crippen LogP contribution in [0.2, 0.25) is 0 Å². The average molecular weight is 403 g/mol. The Morgan fingerprint density at radius 1 is 1.14 bits per heavy atom. The molecule has 0 saturated heterocycles. The second-order valence-electron chi connectivity index (χ2n) is 7.75. The second kappa shape index (κ2) is 8.52. The zero-order chi connectivity index (χ0) is 21.1. The monoisotopic (exact) mass is 402 g/mol. The molecular formula is C20H26N4O3S. The van der Waals surface area contributed by atoms with E-state index in [9.17, 15) is 14.4 Å². The van der Waals surface area contributed by atoms with Crippen molar-refractivity contribution in [2.45, 2.75) is 34.6 Å². The van der Waals surface area contributed by atoms with Crippen molar-refractivity contribution < 1.29 is 14.4 Å². The topological polar surface area (TPSA) is 91.4 Å². The van der Waals surface area contributed by atoms with Gasteiger partial charge in [0, 0.05) is 18.7 Å². The number of nitrogens with zero attached hydrogens (tertiary/aromatic N) is 2. The summed E-state index contributed by atoms with van der Waals surface area (Å²) in [5.41, 5.74) is 1.21. The van der Waals surface area contributed by atoms with E-state index in [4.69, 9.17) is 0 Å². The molecule has 2 N–H and O–H groups in total. The van der Waals surface area contributed by atoms with Gasteiger partial charge in [-0.1, -0.05) is 20.8 Å². The number of thiophene rings is 1. The number of amides is 3. The van der Waals surface area contributed by atoms with E-state index >= 15 is 0 Å². The molecular weight excluding hydrogens is 376 g/mol. The van der Waals surface area contributed by atoms with E-state index in [0.29, 0.717) is 15.7 Å². The van der Waals surface area contributed by atoms with E-state index in [1.54, 1.807) is 32.3 Å². The molecule has 28 heavy (non-hydrogen) atoms. The minimum atomic E-state index is -0.527. The average Bonchev–Trinajstić information content (AvgIpc) is 2.93. The highest BCUT2D eigenvalue weighted by atomic mass is 32.1. The van der Waals surface area contributed by atoms with Crippen molar-refractivity contribution >= 4 is 39.9 Å². The van der Waals surface area contributed by atoms with Gasteiger partial charge in [-0.15, -0.1) is 11.3 Å². The number of carbonyl (C=O) groups is 3. The highest BCUT2D eigenvalue weighted by molar-refractivity contribution is 7.18. The molecule has 0 bridgehead atoms. The van der Waals surface area contributed by atoms with Crippen LogP contribution < -0.4 is 10.6 Å². The minimum absolute atomic E-state index is 0.102. The third-order valence-corrected chi connectivity index (χ3v) is 5.08. The van der Waals surface area contributed by atoms with Crippen LogP contribution in [-0.2, 0) is 9.59 Å². The van der Waals surface area contributed by atoms with Gasteiger partial charge in [0.15, 0.2) is 0 Å². The fraction of sp³-hybridized carbons (Fsp3) is 0.400. The quantitative estimate of drug-likeness (QED) is 0.801. The number of rotatable bonds is 5. The van der Waals surface area contributed by atoms with E-state index in [1.807, 2.05) is 33.8 Å². The number of nitrogens with one attached hydrogen (secondary N) is 2. The van der Waals surface area contributed by atoms with E-state index in [2.05, 4.69) is 15.6 Å². The van der Waals surface area contributed by atoms with Crippen molar-refractivity contribution in [3.05, 3.63) is 40.4 Å². The lowest BCUT2D eigenvalue weighted by Crippen LogP contribution is -2.35. The predicted octanol–water partition coefficient (Wildman–Crippen LogP) is 3.46. The van der Waals surface area contributed by atoms with E-state index in [0.717, 1.165) is 11.1 Å². The molecule has 8 heteroatoms. The van der Waals surface area contributed by atoms with Gasteiger partial charge in [-0.25, -0.2) is 4.98 Å². The molecule has 2 aromatic rings. The first-order chi connectivity index (χ1) is 13.0. The molecule has 3 amide bonds.